The first-order chi connectivity index (χ1) is 16.9. The lowest BCUT2D eigenvalue weighted by Crippen LogP contribution is -2.12. The van der Waals surface area contributed by atoms with Crippen molar-refractivity contribution in [2.24, 2.45) is 22.2 Å². The molecule has 1 heterocycles. The highest BCUT2D eigenvalue weighted by molar-refractivity contribution is 6.11. The maximum absolute atomic E-state index is 7.87. The Labute approximate surface area is 210 Å². The smallest absolute Gasteiger partial charge is 0.0774 e. The highest BCUT2D eigenvalue weighted by atomic mass is 14.7. The number of benzene rings is 1. The summed E-state index contributed by atoms with van der Waals surface area (Å²) in [6.07, 6.45) is 13.5. The third-order valence-corrected chi connectivity index (χ3v) is 5.36. The number of hydrogen-bond donors (Lipinski definition) is 5. The lowest BCUT2D eigenvalue weighted by molar-refractivity contribution is 0.686. The Kier molecular flexibility index (Phi) is 15.8. The molecule has 0 spiro atoms. The molecule has 3 rings (SSSR count). The molecule has 8 N–H and O–H groups in total. The van der Waals surface area contributed by atoms with E-state index in [4.69, 9.17) is 27.3 Å². The molecule has 0 radical (unpaired) electrons. The first-order valence-corrected chi connectivity index (χ1v) is 11.8. The summed E-state index contributed by atoms with van der Waals surface area (Å²) in [6.45, 7) is 14.4. The maximum atomic E-state index is 7.87. The van der Waals surface area contributed by atoms with Crippen LogP contribution < -0.4 is 17.2 Å². The molecule has 0 saturated heterocycles. The summed E-state index contributed by atoms with van der Waals surface area (Å²) in [7, 11) is 0. The largest absolute Gasteiger partial charge is 0.405 e. The molecule has 7 heteroatoms. The Morgan fingerprint density at radius 3 is 2.23 bits per heavy atom. The van der Waals surface area contributed by atoms with Gasteiger partial charge in [-0.3, -0.25) is 4.99 Å². The van der Waals surface area contributed by atoms with Crippen LogP contribution in [0.5, 0.6) is 0 Å². The molecule has 0 amide bonds. The van der Waals surface area contributed by atoms with Crippen molar-refractivity contribution in [3.63, 3.8) is 0 Å². The number of fused-ring (bicyclic) bond motifs is 3. The van der Waals surface area contributed by atoms with E-state index in [9.17, 15) is 0 Å². The Bertz CT molecular complexity index is 1050. The standard InChI is InChI=1S/C21H26N4.C4H9N.C2H5N.CH3N/c1-3-10-24-13-15(11-22)21-17-7-5-4-6-16(17)20-18(12-23)14(2)8-9-19(20)25-21;1-3-4(2)5;1-2-3;1-2/h8-9,11-13,23H,3-7,10,22H2,1-2H3;3H,5H2,1-2H3;2H,1,3H2;2H,1H2/b15-11+,23-12?,24-13?;4-3+;;. The van der Waals surface area contributed by atoms with E-state index in [1.165, 1.54) is 36.4 Å². The second kappa shape index (κ2) is 17.7. The molecule has 1 aliphatic carbocycles. The molecular weight excluding hydrogens is 434 g/mol. The Morgan fingerprint density at radius 1 is 1.17 bits per heavy atom. The Balaban J connectivity index is 0.000000995. The van der Waals surface area contributed by atoms with Crippen molar-refractivity contribution in [1.82, 2.24) is 4.98 Å². The van der Waals surface area contributed by atoms with E-state index in [1.54, 1.807) is 6.20 Å². The number of aryl methyl sites for hydroxylation is 2. The number of allylic oxidation sites excluding steroid dienone is 3. The fourth-order valence-corrected chi connectivity index (χ4v) is 3.65. The molecule has 0 fully saturated rings. The van der Waals surface area contributed by atoms with E-state index in [2.05, 4.69) is 43.9 Å². The van der Waals surface area contributed by atoms with Crippen LogP contribution in [-0.4, -0.2) is 30.7 Å². The van der Waals surface area contributed by atoms with Crippen molar-refractivity contribution < 1.29 is 0 Å². The summed E-state index contributed by atoms with van der Waals surface area (Å²) in [5, 5.41) is 14.5. The number of nitrogens with two attached hydrogens (primary N) is 3. The first kappa shape index (κ1) is 31.3. The molecule has 0 unspecified atom stereocenters. The van der Waals surface area contributed by atoms with Gasteiger partial charge in [-0.1, -0.05) is 25.6 Å². The van der Waals surface area contributed by atoms with Gasteiger partial charge in [0.1, 0.15) is 0 Å². The van der Waals surface area contributed by atoms with E-state index >= 15 is 0 Å². The molecule has 1 aromatic carbocycles. The van der Waals surface area contributed by atoms with Crippen LogP contribution in [0.4, 0.5) is 0 Å². The zero-order valence-corrected chi connectivity index (χ0v) is 21.8. The Morgan fingerprint density at radius 2 is 1.74 bits per heavy atom. The van der Waals surface area contributed by atoms with Crippen molar-refractivity contribution in [3.8, 4) is 0 Å². The minimum Gasteiger partial charge on any atom is -0.405 e. The summed E-state index contributed by atoms with van der Waals surface area (Å²) in [4.78, 5) is 9.41. The molecule has 35 heavy (non-hydrogen) atoms. The van der Waals surface area contributed by atoms with Crippen LogP contribution >= 0.6 is 0 Å². The van der Waals surface area contributed by atoms with Gasteiger partial charge in [0, 0.05) is 47.4 Å². The van der Waals surface area contributed by atoms with Crippen LogP contribution in [0.1, 0.15) is 68.0 Å². The number of pyridine rings is 1. The average Bonchev–Trinajstić information content (AvgIpc) is 2.88. The number of nitrogens with zero attached hydrogens (tertiary/aromatic N) is 2. The van der Waals surface area contributed by atoms with Gasteiger partial charge in [0.15, 0.2) is 0 Å². The molecule has 7 nitrogen and oxygen atoms in total. The molecule has 0 aliphatic heterocycles. The van der Waals surface area contributed by atoms with Gasteiger partial charge in [-0.05, 0) is 88.5 Å². The Hall–Kier alpha value is -3.74. The van der Waals surface area contributed by atoms with Crippen LogP contribution in [0.15, 0.2) is 47.9 Å². The van der Waals surface area contributed by atoms with Crippen LogP contribution in [-0.2, 0) is 12.8 Å². The van der Waals surface area contributed by atoms with Crippen molar-refractivity contribution in [3.05, 3.63) is 70.8 Å². The molecular formula is C28H43N7. The van der Waals surface area contributed by atoms with Gasteiger partial charge in [-0.2, -0.15) is 0 Å². The van der Waals surface area contributed by atoms with E-state index in [1.807, 2.05) is 32.2 Å². The van der Waals surface area contributed by atoms with Gasteiger partial charge < -0.3 is 28.0 Å². The summed E-state index contributed by atoms with van der Waals surface area (Å²) in [5.41, 5.74) is 24.1. The SMILES string of the molecule is C/C=C(\C)N.C=CN.C=N.CCCN=C/C(=C\N)c1nc2ccc(C)c(C=N)c2c2c1CCCC2. The number of rotatable bonds is 5. The first-order valence-electron chi connectivity index (χ1n) is 11.8. The van der Waals surface area contributed by atoms with Crippen LogP contribution in [0.3, 0.4) is 0 Å². The minimum atomic E-state index is 0.796. The number of nitrogens with one attached hydrogen (secondary N) is 2. The highest BCUT2D eigenvalue weighted by Gasteiger charge is 2.21. The second-order valence-electron chi connectivity index (χ2n) is 7.88. The number of aliphatic imine (C=N–C) groups is 1. The zero-order valence-electron chi connectivity index (χ0n) is 21.8. The normalized spacial score (nSPS) is 12.8. The van der Waals surface area contributed by atoms with Crippen molar-refractivity contribution in [2.45, 2.75) is 59.8 Å². The molecule has 1 aromatic heterocycles. The maximum Gasteiger partial charge on any atom is 0.0774 e. The predicted octanol–water partition coefficient (Wildman–Crippen LogP) is 5.42. The van der Waals surface area contributed by atoms with Gasteiger partial charge >= 0.3 is 0 Å². The van der Waals surface area contributed by atoms with E-state index in [-0.39, 0.29) is 0 Å². The summed E-state index contributed by atoms with van der Waals surface area (Å²) in [6, 6.07) is 4.11. The van der Waals surface area contributed by atoms with Crippen LogP contribution in [0, 0.1) is 17.7 Å². The predicted molar refractivity (Wildman–Crippen MR) is 155 cm³/mol. The quantitative estimate of drug-likeness (QED) is 0.365. The molecule has 2 aromatic rings. The van der Waals surface area contributed by atoms with Crippen LogP contribution in [0.25, 0.3) is 16.5 Å². The molecule has 1 aliphatic rings. The number of aromatic nitrogens is 1. The van der Waals surface area contributed by atoms with Crippen LogP contribution in [0.2, 0.25) is 0 Å². The molecule has 0 saturated carbocycles. The summed E-state index contributed by atoms with van der Waals surface area (Å²) < 4.78 is 0. The van der Waals surface area contributed by atoms with Gasteiger partial charge in [-0.15, -0.1) is 0 Å². The van der Waals surface area contributed by atoms with Gasteiger partial charge in [0.05, 0.1) is 11.2 Å². The topological polar surface area (TPSA) is 151 Å². The second-order valence-corrected chi connectivity index (χ2v) is 7.88. The molecule has 190 valence electrons. The average molecular weight is 478 g/mol. The van der Waals surface area contributed by atoms with Crippen molar-refractivity contribution in [1.29, 1.82) is 10.8 Å². The third-order valence-electron chi connectivity index (χ3n) is 5.36. The fraction of sp³-hybridized carbons (Fsp3) is 0.357. The van der Waals surface area contributed by atoms with Crippen molar-refractivity contribution in [2.75, 3.05) is 6.54 Å². The molecule has 0 bridgehead atoms. The number of hydrogen-bond acceptors (Lipinski definition) is 7. The van der Waals surface area contributed by atoms with Gasteiger partial charge in [0.25, 0.3) is 0 Å². The zero-order chi connectivity index (χ0) is 26.8. The summed E-state index contributed by atoms with van der Waals surface area (Å²) in [5.74, 6) is 0. The fourth-order valence-electron chi connectivity index (χ4n) is 3.65. The minimum absolute atomic E-state index is 0.796. The van der Waals surface area contributed by atoms with Gasteiger partial charge in [-0.25, -0.2) is 4.98 Å². The van der Waals surface area contributed by atoms with E-state index < -0.39 is 0 Å². The van der Waals surface area contributed by atoms with E-state index in [0.29, 0.717) is 0 Å². The van der Waals surface area contributed by atoms with E-state index in [0.717, 1.165) is 64.8 Å². The summed E-state index contributed by atoms with van der Waals surface area (Å²) >= 11 is 0. The lowest BCUT2D eigenvalue weighted by Gasteiger charge is -2.23. The highest BCUT2D eigenvalue weighted by Crippen LogP contribution is 2.34. The monoisotopic (exact) mass is 477 g/mol. The third kappa shape index (κ3) is 9.20. The van der Waals surface area contributed by atoms with Crippen molar-refractivity contribution >= 4 is 35.6 Å². The van der Waals surface area contributed by atoms with Gasteiger partial charge in [0.2, 0.25) is 0 Å². The molecule has 0 atom stereocenters. The lowest BCUT2D eigenvalue weighted by atomic mass is 9.84.